The Labute approximate surface area is 117 Å². The molecule has 1 aromatic carbocycles. The summed E-state index contributed by atoms with van der Waals surface area (Å²) in [5.41, 5.74) is 8.11. The molecule has 1 fully saturated rings. The number of nitrogens with zero attached hydrogens (tertiary/aromatic N) is 1. The van der Waals surface area contributed by atoms with Crippen LogP contribution in [0.1, 0.15) is 26.2 Å². The molecule has 0 aliphatic heterocycles. The van der Waals surface area contributed by atoms with Crippen LogP contribution < -0.4 is 10.5 Å². The van der Waals surface area contributed by atoms with Crippen molar-refractivity contribution >= 4 is 22.8 Å². The average molecular weight is 277 g/mol. The monoisotopic (exact) mass is 277 g/mol. The van der Waals surface area contributed by atoms with E-state index in [2.05, 4.69) is 9.97 Å². The first-order valence-corrected chi connectivity index (χ1v) is 7.69. The van der Waals surface area contributed by atoms with Gasteiger partial charge in [-0.1, -0.05) is 18.2 Å². The second kappa shape index (κ2) is 5.43. The van der Waals surface area contributed by atoms with Crippen LogP contribution in [0, 0.1) is 0 Å². The second-order valence-electron chi connectivity index (χ2n) is 4.90. The molecule has 0 bridgehead atoms. The fourth-order valence-electron chi connectivity index (χ4n) is 2.52. The van der Waals surface area contributed by atoms with Gasteiger partial charge in [0.2, 0.25) is 0 Å². The van der Waals surface area contributed by atoms with Gasteiger partial charge in [-0.05, 0) is 31.9 Å². The molecule has 2 atom stereocenters. The summed E-state index contributed by atoms with van der Waals surface area (Å²) in [6, 6.07) is 6.26. The minimum Gasteiger partial charge on any atom is -0.494 e. The molecule has 0 saturated heterocycles. The Morgan fingerprint density at radius 2 is 2.37 bits per heavy atom. The van der Waals surface area contributed by atoms with E-state index in [1.54, 1.807) is 11.8 Å². The first-order chi connectivity index (χ1) is 9.26. The van der Waals surface area contributed by atoms with Gasteiger partial charge in [0, 0.05) is 17.4 Å². The smallest absolute Gasteiger partial charge is 0.166 e. The van der Waals surface area contributed by atoms with E-state index in [1.807, 2.05) is 25.1 Å². The molecule has 4 nitrogen and oxygen atoms in total. The number of hydrogen-bond donors (Lipinski definition) is 2. The quantitative estimate of drug-likeness (QED) is 0.902. The van der Waals surface area contributed by atoms with Crippen LogP contribution in [-0.4, -0.2) is 27.9 Å². The number of aromatic amines is 1. The highest BCUT2D eigenvalue weighted by Crippen LogP contribution is 2.33. The molecule has 1 aromatic heterocycles. The zero-order valence-electron chi connectivity index (χ0n) is 11.1. The number of aromatic nitrogens is 2. The Hall–Kier alpha value is -1.20. The van der Waals surface area contributed by atoms with Crippen LogP contribution in [0.5, 0.6) is 5.75 Å². The van der Waals surface area contributed by atoms with Crippen LogP contribution in [0.25, 0.3) is 11.0 Å². The summed E-state index contributed by atoms with van der Waals surface area (Å²) in [6.07, 6.45) is 3.55. The molecule has 1 heterocycles. The van der Waals surface area contributed by atoms with Gasteiger partial charge in [-0.25, -0.2) is 4.98 Å². The van der Waals surface area contributed by atoms with Gasteiger partial charge in [-0.2, -0.15) is 0 Å². The van der Waals surface area contributed by atoms with Gasteiger partial charge in [0.25, 0.3) is 0 Å². The summed E-state index contributed by atoms with van der Waals surface area (Å²) in [5, 5.41) is 1.46. The fourth-order valence-corrected chi connectivity index (χ4v) is 3.72. The number of hydrogen-bond acceptors (Lipinski definition) is 4. The van der Waals surface area contributed by atoms with Gasteiger partial charge in [-0.3, -0.25) is 0 Å². The molecule has 19 heavy (non-hydrogen) atoms. The van der Waals surface area contributed by atoms with E-state index in [4.69, 9.17) is 10.5 Å². The molecule has 5 heteroatoms. The molecule has 0 amide bonds. The number of nitrogens with one attached hydrogen (secondary N) is 1. The lowest BCUT2D eigenvalue weighted by Gasteiger charge is -2.12. The van der Waals surface area contributed by atoms with Crippen LogP contribution >= 0.6 is 11.8 Å². The van der Waals surface area contributed by atoms with Crippen LogP contribution in [0.3, 0.4) is 0 Å². The number of benzene rings is 1. The molecule has 2 unspecified atom stereocenters. The lowest BCUT2D eigenvalue weighted by atomic mass is 10.3. The third kappa shape index (κ3) is 2.72. The van der Waals surface area contributed by atoms with Crippen LogP contribution in [-0.2, 0) is 0 Å². The van der Waals surface area contributed by atoms with E-state index >= 15 is 0 Å². The molecule has 0 radical (unpaired) electrons. The normalized spacial score (nSPS) is 23.1. The highest BCUT2D eigenvalue weighted by molar-refractivity contribution is 7.99. The predicted octanol–water partition coefficient (Wildman–Crippen LogP) is 2.93. The van der Waals surface area contributed by atoms with E-state index in [0.717, 1.165) is 28.4 Å². The molecule has 1 aliphatic carbocycles. The number of nitrogens with two attached hydrogens (primary N) is 1. The van der Waals surface area contributed by atoms with Gasteiger partial charge in [0.1, 0.15) is 5.75 Å². The molecule has 0 spiro atoms. The molecule has 3 rings (SSSR count). The highest BCUT2D eigenvalue weighted by atomic mass is 32.2. The van der Waals surface area contributed by atoms with Crippen LogP contribution in [0.15, 0.2) is 23.4 Å². The summed E-state index contributed by atoms with van der Waals surface area (Å²) in [6.45, 7) is 2.66. The molecule has 1 saturated carbocycles. The molecule has 1 aliphatic rings. The Morgan fingerprint density at radius 3 is 3.11 bits per heavy atom. The maximum atomic E-state index is 6.10. The topological polar surface area (TPSA) is 63.9 Å². The molecular formula is C14H19N3OS. The van der Waals surface area contributed by atoms with Crippen molar-refractivity contribution in [3.63, 3.8) is 0 Å². The van der Waals surface area contributed by atoms with Crippen molar-refractivity contribution < 1.29 is 4.74 Å². The summed E-state index contributed by atoms with van der Waals surface area (Å²) >= 11 is 1.77. The molecule has 3 N–H and O–H groups in total. The standard InChI is InChI=1S/C14H19N3OS/c1-2-18-9-6-7-11-12(8-9)17-14(16-11)19-13-5-3-4-10(13)15/h6-8,10,13H,2-5,15H2,1H3,(H,16,17). The van der Waals surface area contributed by atoms with E-state index in [9.17, 15) is 0 Å². The largest absolute Gasteiger partial charge is 0.494 e. The van der Waals surface area contributed by atoms with Gasteiger partial charge in [0.05, 0.1) is 17.6 Å². The summed E-state index contributed by atoms with van der Waals surface area (Å²) in [4.78, 5) is 7.97. The average Bonchev–Trinajstić information content (AvgIpc) is 2.96. The highest BCUT2D eigenvalue weighted by Gasteiger charge is 2.25. The Kier molecular flexibility index (Phi) is 3.66. The number of ether oxygens (including phenoxy) is 1. The third-order valence-electron chi connectivity index (χ3n) is 3.51. The number of imidazole rings is 1. The lowest BCUT2D eigenvalue weighted by Crippen LogP contribution is -2.26. The molecular weight excluding hydrogens is 258 g/mol. The number of rotatable bonds is 4. The van der Waals surface area contributed by atoms with Crippen molar-refractivity contribution in [1.82, 2.24) is 9.97 Å². The predicted molar refractivity (Wildman–Crippen MR) is 78.7 cm³/mol. The second-order valence-corrected chi connectivity index (χ2v) is 6.13. The van der Waals surface area contributed by atoms with Crippen molar-refractivity contribution in [2.75, 3.05) is 6.61 Å². The van der Waals surface area contributed by atoms with E-state index in [0.29, 0.717) is 17.9 Å². The van der Waals surface area contributed by atoms with Crippen molar-refractivity contribution in [3.05, 3.63) is 18.2 Å². The van der Waals surface area contributed by atoms with Gasteiger partial charge >= 0.3 is 0 Å². The molecule has 102 valence electrons. The maximum absolute atomic E-state index is 6.10. The zero-order chi connectivity index (χ0) is 13.2. The lowest BCUT2D eigenvalue weighted by molar-refractivity contribution is 0.340. The van der Waals surface area contributed by atoms with Gasteiger partial charge in [-0.15, -0.1) is 0 Å². The first-order valence-electron chi connectivity index (χ1n) is 6.81. The van der Waals surface area contributed by atoms with Crippen molar-refractivity contribution in [1.29, 1.82) is 0 Å². The number of thioether (sulfide) groups is 1. The summed E-state index contributed by atoms with van der Waals surface area (Å²) in [5.74, 6) is 0.882. The number of H-pyrrole nitrogens is 1. The fraction of sp³-hybridized carbons (Fsp3) is 0.500. The van der Waals surface area contributed by atoms with Crippen molar-refractivity contribution in [2.24, 2.45) is 5.73 Å². The van der Waals surface area contributed by atoms with Gasteiger partial charge < -0.3 is 15.5 Å². The maximum Gasteiger partial charge on any atom is 0.166 e. The minimum absolute atomic E-state index is 0.303. The van der Waals surface area contributed by atoms with Crippen LogP contribution in [0.4, 0.5) is 0 Å². The third-order valence-corrected chi connectivity index (χ3v) is 4.81. The van der Waals surface area contributed by atoms with Crippen molar-refractivity contribution in [2.45, 2.75) is 42.6 Å². The van der Waals surface area contributed by atoms with E-state index < -0.39 is 0 Å². The Morgan fingerprint density at radius 1 is 1.47 bits per heavy atom. The van der Waals surface area contributed by atoms with E-state index in [1.165, 1.54) is 12.8 Å². The van der Waals surface area contributed by atoms with E-state index in [-0.39, 0.29) is 0 Å². The van der Waals surface area contributed by atoms with Gasteiger partial charge in [0.15, 0.2) is 5.16 Å². The number of fused-ring (bicyclic) bond motifs is 1. The zero-order valence-corrected chi connectivity index (χ0v) is 11.9. The van der Waals surface area contributed by atoms with Crippen LogP contribution in [0.2, 0.25) is 0 Å². The minimum atomic E-state index is 0.303. The van der Waals surface area contributed by atoms with Crippen molar-refractivity contribution in [3.8, 4) is 5.75 Å². The Bertz CT molecular complexity index is 569. The summed E-state index contributed by atoms with van der Waals surface area (Å²) in [7, 11) is 0. The summed E-state index contributed by atoms with van der Waals surface area (Å²) < 4.78 is 5.50. The Balaban J connectivity index is 1.80. The SMILES string of the molecule is CCOc1ccc2nc(SC3CCCC3N)[nH]c2c1. The molecule has 2 aromatic rings. The first kappa shape index (κ1) is 12.8.